The Morgan fingerprint density at radius 1 is 0.897 bits per heavy atom. The Morgan fingerprint density at radius 2 is 1.45 bits per heavy atom. The van der Waals surface area contributed by atoms with Crippen molar-refractivity contribution in [1.82, 2.24) is 0 Å². The van der Waals surface area contributed by atoms with Gasteiger partial charge in [0, 0.05) is 0 Å². The predicted octanol–water partition coefficient (Wildman–Crippen LogP) is 3.83. The fraction of sp³-hybridized carbons (Fsp3) is 0.292. The van der Waals surface area contributed by atoms with Crippen LogP contribution in [0.2, 0.25) is 0 Å². The second-order valence-corrected chi connectivity index (χ2v) is 8.17. The first kappa shape index (κ1) is 17.9. The van der Waals surface area contributed by atoms with Crippen LogP contribution < -0.4 is 9.64 Å². The molecule has 0 aromatic heterocycles. The first-order valence-electron chi connectivity index (χ1n) is 9.90. The van der Waals surface area contributed by atoms with E-state index in [1.54, 1.807) is 24.3 Å². The third-order valence-electron chi connectivity index (χ3n) is 6.44. The van der Waals surface area contributed by atoms with Gasteiger partial charge in [0.1, 0.15) is 5.75 Å². The second-order valence-electron chi connectivity index (χ2n) is 8.17. The molecule has 5 nitrogen and oxygen atoms in total. The number of amides is 2. The standard InChI is InChI=1S/C24H21NO4/c1-13-4-3-5-14(2)21(13)29-24(28)15-8-10-18(11-9-15)25-22(26)19-16-6-7-17(12-16)20(19)23(25)27/h3-11,16-17,19-20H,12H2,1-2H3/t16-,17-,19-,20+/m0/s1. The zero-order valence-electron chi connectivity index (χ0n) is 16.3. The van der Waals surface area contributed by atoms with Gasteiger partial charge in [0.15, 0.2) is 0 Å². The number of carbonyl (C=O) groups excluding carboxylic acids is 3. The van der Waals surface area contributed by atoms with Gasteiger partial charge in [-0.3, -0.25) is 14.5 Å². The number of para-hydroxylation sites is 1. The van der Waals surface area contributed by atoms with Crippen molar-refractivity contribution in [3.8, 4) is 5.75 Å². The lowest BCUT2D eigenvalue weighted by atomic mass is 9.85. The van der Waals surface area contributed by atoms with Gasteiger partial charge in [-0.05, 0) is 67.5 Å². The minimum Gasteiger partial charge on any atom is -0.422 e. The number of nitrogens with zero attached hydrogens (tertiary/aromatic N) is 1. The van der Waals surface area contributed by atoms with Crippen molar-refractivity contribution >= 4 is 23.5 Å². The van der Waals surface area contributed by atoms with Crippen molar-refractivity contribution in [2.45, 2.75) is 20.3 Å². The molecule has 0 spiro atoms. The van der Waals surface area contributed by atoms with Crippen LogP contribution in [-0.4, -0.2) is 17.8 Å². The average Bonchev–Trinajstić information content (AvgIpc) is 3.39. The molecule has 1 saturated heterocycles. The molecule has 0 radical (unpaired) electrons. The SMILES string of the molecule is Cc1cccc(C)c1OC(=O)c1ccc(N2C(=O)[C@@H]3[C@H](C2=O)[C@H]2C=C[C@H]3C2)cc1. The quantitative estimate of drug-likeness (QED) is 0.347. The molecule has 2 fully saturated rings. The molecule has 2 aliphatic carbocycles. The molecular weight excluding hydrogens is 366 g/mol. The van der Waals surface area contributed by atoms with Crippen molar-refractivity contribution in [3.63, 3.8) is 0 Å². The Labute approximate surface area is 169 Å². The van der Waals surface area contributed by atoms with E-state index >= 15 is 0 Å². The van der Waals surface area contributed by atoms with E-state index in [1.807, 2.05) is 32.0 Å². The van der Waals surface area contributed by atoms with Crippen LogP contribution in [0.25, 0.3) is 0 Å². The Morgan fingerprint density at radius 3 is 2.00 bits per heavy atom. The lowest BCUT2D eigenvalue weighted by Crippen LogP contribution is -2.32. The van der Waals surface area contributed by atoms with Crippen molar-refractivity contribution in [2.75, 3.05) is 4.90 Å². The fourth-order valence-corrected chi connectivity index (χ4v) is 5.02. The lowest BCUT2D eigenvalue weighted by molar-refractivity contribution is -0.123. The number of rotatable bonds is 3. The summed E-state index contributed by atoms with van der Waals surface area (Å²) >= 11 is 0. The number of allylic oxidation sites excluding steroid dienone is 2. The van der Waals surface area contributed by atoms with E-state index in [9.17, 15) is 14.4 Å². The van der Waals surface area contributed by atoms with Gasteiger partial charge in [-0.15, -0.1) is 0 Å². The summed E-state index contributed by atoms with van der Waals surface area (Å²) in [4.78, 5) is 39.7. The Kier molecular flexibility index (Phi) is 3.95. The summed E-state index contributed by atoms with van der Waals surface area (Å²) < 4.78 is 5.57. The number of aryl methyl sites for hydroxylation is 2. The summed E-state index contributed by atoms with van der Waals surface area (Å²) in [5.41, 5.74) is 2.66. The maximum Gasteiger partial charge on any atom is 0.343 e. The third kappa shape index (κ3) is 2.64. The van der Waals surface area contributed by atoms with E-state index in [0.717, 1.165) is 17.5 Å². The summed E-state index contributed by atoms with van der Waals surface area (Å²) in [5.74, 6) is -0.256. The van der Waals surface area contributed by atoms with Crippen LogP contribution in [-0.2, 0) is 9.59 Å². The molecule has 1 heterocycles. The van der Waals surface area contributed by atoms with Gasteiger partial charge >= 0.3 is 5.97 Å². The van der Waals surface area contributed by atoms with Gasteiger partial charge in [0.2, 0.25) is 11.8 Å². The second kappa shape index (κ2) is 6.41. The number of ether oxygens (including phenoxy) is 1. The number of fused-ring (bicyclic) bond motifs is 5. The minimum atomic E-state index is -0.466. The smallest absolute Gasteiger partial charge is 0.343 e. The summed E-state index contributed by atoms with van der Waals surface area (Å²) in [5, 5.41) is 0. The summed E-state index contributed by atoms with van der Waals surface area (Å²) in [6.45, 7) is 3.78. The Bertz CT molecular complexity index is 1020. The number of carbonyl (C=O) groups is 3. The highest BCUT2D eigenvalue weighted by atomic mass is 16.5. The zero-order chi connectivity index (χ0) is 20.3. The molecule has 5 rings (SSSR count). The highest BCUT2D eigenvalue weighted by molar-refractivity contribution is 6.22. The highest BCUT2D eigenvalue weighted by Gasteiger charge is 2.59. The van der Waals surface area contributed by atoms with Crippen molar-refractivity contribution in [2.24, 2.45) is 23.7 Å². The summed E-state index contributed by atoms with van der Waals surface area (Å²) in [6, 6.07) is 12.2. The summed E-state index contributed by atoms with van der Waals surface area (Å²) in [6.07, 6.45) is 5.06. The number of hydrogen-bond acceptors (Lipinski definition) is 4. The number of anilines is 1. The van der Waals surface area contributed by atoms with Crippen LogP contribution in [0.15, 0.2) is 54.6 Å². The minimum absolute atomic E-state index is 0.122. The first-order chi connectivity index (χ1) is 14.0. The van der Waals surface area contributed by atoms with Crippen molar-refractivity contribution in [1.29, 1.82) is 0 Å². The van der Waals surface area contributed by atoms with E-state index in [1.165, 1.54) is 4.90 Å². The molecule has 0 N–H and O–H groups in total. The van der Waals surface area contributed by atoms with Gasteiger partial charge < -0.3 is 4.74 Å². The number of hydrogen-bond donors (Lipinski definition) is 0. The molecule has 29 heavy (non-hydrogen) atoms. The molecule has 1 aliphatic heterocycles. The average molecular weight is 387 g/mol. The molecule has 4 atom stereocenters. The predicted molar refractivity (Wildman–Crippen MR) is 108 cm³/mol. The number of esters is 1. The molecule has 2 bridgehead atoms. The maximum absolute atomic E-state index is 12.9. The molecule has 3 aliphatic rings. The molecule has 1 saturated carbocycles. The summed E-state index contributed by atoms with van der Waals surface area (Å²) in [7, 11) is 0. The topological polar surface area (TPSA) is 63.7 Å². The van der Waals surface area contributed by atoms with Crippen LogP contribution in [0.3, 0.4) is 0 Å². The molecule has 146 valence electrons. The largest absolute Gasteiger partial charge is 0.422 e. The van der Waals surface area contributed by atoms with E-state index in [0.29, 0.717) is 17.0 Å². The van der Waals surface area contributed by atoms with E-state index in [4.69, 9.17) is 4.74 Å². The normalized spacial score (nSPS) is 26.9. The monoisotopic (exact) mass is 387 g/mol. The molecule has 5 heteroatoms. The van der Waals surface area contributed by atoms with E-state index < -0.39 is 5.97 Å². The Hall–Kier alpha value is -3.21. The molecule has 0 unspecified atom stereocenters. The van der Waals surface area contributed by atoms with Gasteiger partial charge in [0.25, 0.3) is 0 Å². The van der Waals surface area contributed by atoms with Gasteiger partial charge in [-0.25, -0.2) is 4.79 Å². The third-order valence-corrected chi connectivity index (χ3v) is 6.44. The molecule has 2 aromatic rings. The van der Waals surface area contributed by atoms with Gasteiger partial charge in [-0.2, -0.15) is 0 Å². The number of benzene rings is 2. The maximum atomic E-state index is 12.9. The zero-order valence-corrected chi connectivity index (χ0v) is 16.3. The van der Waals surface area contributed by atoms with E-state index in [2.05, 4.69) is 12.2 Å². The molecule has 2 aromatic carbocycles. The van der Waals surface area contributed by atoms with Crippen molar-refractivity contribution < 1.29 is 19.1 Å². The lowest BCUT2D eigenvalue weighted by Gasteiger charge is -2.17. The molecule has 2 amide bonds. The van der Waals surface area contributed by atoms with Crippen LogP contribution in [0.5, 0.6) is 5.75 Å². The number of imide groups is 1. The Balaban J connectivity index is 1.36. The van der Waals surface area contributed by atoms with Crippen LogP contribution in [0.1, 0.15) is 27.9 Å². The van der Waals surface area contributed by atoms with Crippen molar-refractivity contribution in [3.05, 3.63) is 71.3 Å². The molecular formula is C24H21NO4. The van der Waals surface area contributed by atoms with Crippen LogP contribution >= 0.6 is 0 Å². The highest BCUT2D eigenvalue weighted by Crippen LogP contribution is 2.53. The van der Waals surface area contributed by atoms with E-state index in [-0.39, 0.29) is 35.5 Å². The first-order valence-corrected chi connectivity index (χ1v) is 9.90. The van der Waals surface area contributed by atoms with Gasteiger partial charge in [0.05, 0.1) is 23.1 Å². The fourth-order valence-electron chi connectivity index (χ4n) is 5.02. The van der Waals surface area contributed by atoms with Crippen LogP contribution in [0, 0.1) is 37.5 Å². The van der Waals surface area contributed by atoms with Crippen LogP contribution in [0.4, 0.5) is 5.69 Å². The van der Waals surface area contributed by atoms with Gasteiger partial charge in [-0.1, -0.05) is 30.4 Å².